The SMILES string of the molecule is CC1CCCC(CNC2CC2)(CN(C)Cc2cccs2)C1. The van der Waals surface area contributed by atoms with Crippen LogP contribution < -0.4 is 5.32 Å². The summed E-state index contributed by atoms with van der Waals surface area (Å²) >= 11 is 1.88. The Morgan fingerprint density at radius 1 is 1.38 bits per heavy atom. The number of hydrogen-bond acceptors (Lipinski definition) is 3. The normalized spacial score (nSPS) is 30.0. The molecule has 3 heteroatoms. The average molecular weight is 307 g/mol. The highest BCUT2D eigenvalue weighted by Gasteiger charge is 2.37. The van der Waals surface area contributed by atoms with Crippen molar-refractivity contribution in [3.63, 3.8) is 0 Å². The number of rotatable bonds is 7. The van der Waals surface area contributed by atoms with Crippen molar-refractivity contribution in [3.8, 4) is 0 Å². The molecule has 0 aromatic carbocycles. The maximum Gasteiger partial charge on any atom is 0.0325 e. The van der Waals surface area contributed by atoms with Gasteiger partial charge in [-0.15, -0.1) is 11.3 Å². The highest BCUT2D eigenvalue weighted by Crippen LogP contribution is 2.40. The molecule has 2 aliphatic carbocycles. The van der Waals surface area contributed by atoms with Gasteiger partial charge in [0.15, 0.2) is 0 Å². The van der Waals surface area contributed by atoms with Crippen molar-refractivity contribution in [1.29, 1.82) is 0 Å². The lowest BCUT2D eigenvalue weighted by Crippen LogP contribution is -2.46. The second-order valence-corrected chi connectivity index (χ2v) is 8.64. The van der Waals surface area contributed by atoms with Gasteiger partial charge < -0.3 is 10.2 Å². The van der Waals surface area contributed by atoms with E-state index >= 15 is 0 Å². The summed E-state index contributed by atoms with van der Waals surface area (Å²) in [4.78, 5) is 4.05. The third kappa shape index (κ3) is 4.54. The summed E-state index contributed by atoms with van der Waals surface area (Å²) in [7, 11) is 2.30. The minimum Gasteiger partial charge on any atom is -0.313 e. The van der Waals surface area contributed by atoms with Crippen molar-refractivity contribution >= 4 is 11.3 Å². The Kier molecular flexibility index (Phi) is 5.03. The van der Waals surface area contributed by atoms with Gasteiger partial charge in [0.2, 0.25) is 0 Å². The van der Waals surface area contributed by atoms with Gasteiger partial charge in [-0.25, -0.2) is 0 Å². The molecule has 0 radical (unpaired) electrons. The summed E-state index contributed by atoms with van der Waals surface area (Å²) in [5.41, 5.74) is 0.506. The van der Waals surface area contributed by atoms with E-state index in [-0.39, 0.29) is 0 Å². The van der Waals surface area contributed by atoms with E-state index in [1.54, 1.807) is 0 Å². The van der Waals surface area contributed by atoms with Crippen LogP contribution in [0.15, 0.2) is 17.5 Å². The molecule has 2 saturated carbocycles. The molecular weight excluding hydrogens is 276 g/mol. The van der Waals surface area contributed by atoms with E-state index in [2.05, 4.69) is 41.7 Å². The molecule has 2 unspecified atom stereocenters. The zero-order valence-corrected chi connectivity index (χ0v) is 14.4. The van der Waals surface area contributed by atoms with Crippen LogP contribution in [0.4, 0.5) is 0 Å². The summed E-state index contributed by atoms with van der Waals surface area (Å²) in [6.07, 6.45) is 8.46. The lowest BCUT2D eigenvalue weighted by atomic mass is 9.69. The van der Waals surface area contributed by atoms with Crippen LogP contribution in [0.25, 0.3) is 0 Å². The van der Waals surface area contributed by atoms with E-state index in [0.29, 0.717) is 5.41 Å². The molecule has 2 aliphatic rings. The molecular formula is C18H30N2S. The summed E-state index contributed by atoms with van der Waals surface area (Å²) in [6.45, 7) is 6.03. The van der Waals surface area contributed by atoms with Gasteiger partial charge in [-0.3, -0.25) is 0 Å². The second-order valence-electron chi connectivity index (χ2n) is 7.61. The molecule has 118 valence electrons. The van der Waals surface area contributed by atoms with Crippen LogP contribution in [-0.2, 0) is 6.54 Å². The molecule has 0 aliphatic heterocycles. The van der Waals surface area contributed by atoms with Gasteiger partial charge in [0.25, 0.3) is 0 Å². The first kappa shape index (κ1) is 15.5. The molecule has 0 spiro atoms. The third-order valence-corrected chi connectivity index (χ3v) is 6.00. The molecule has 1 heterocycles. The van der Waals surface area contributed by atoms with Gasteiger partial charge in [-0.1, -0.05) is 25.8 Å². The monoisotopic (exact) mass is 306 g/mol. The van der Waals surface area contributed by atoms with Crippen molar-refractivity contribution in [2.24, 2.45) is 11.3 Å². The van der Waals surface area contributed by atoms with Crippen LogP contribution >= 0.6 is 11.3 Å². The molecule has 2 fully saturated rings. The fraction of sp³-hybridized carbons (Fsp3) is 0.778. The van der Waals surface area contributed by atoms with E-state index in [0.717, 1.165) is 18.5 Å². The highest BCUT2D eigenvalue weighted by atomic mass is 32.1. The van der Waals surface area contributed by atoms with Crippen molar-refractivity contribution in [2.45, 2.75) is 58.0 Å². The summed E-state index contributed by atoms with van der Waals surface area (Å²) < 4.78 is 0. The van der Waals surface area contributed by atoms with Crippen LogP contribution in [0, 0.1) is 11.3 Å². The van der Waals surface area contributed by atoms with Gasteiger partial charge >= 0.3 is 0 Å². The fourth-order valence-electron chi connectivity index (χ4n) is 4.07. The average Bonchev–Trinajstić information content (AvgIpc) is 3.14. The maximum atomic E-state index is 3.83. The van der Waals surface area contributed by atoms with Crippen LogP contribution in [0.1, 0.15) is 50.3 Å². The summed E-state index contributed by atoms with van der Waals surface area (Å²) in [5.74, 6) is 0.898. The zero-order valence-electron chi connectivity index (χ0n) is 13.6. The molecule has 1 N–H and O–H groups in total. The molecule has 21 heavy (non-hydrogen) atoms. The molecule has 0 saturated heterocycles. The second kappa shape index (κ2) is 6.80. The lowest BCUT2D eigenvalue weighted by Gasteiger charge is -2.43. The van der Waals surface area contributed by atoms with Crippen LogP contribution in [0.2, 0.25) is 0 Å². The fourth-order valence-corrected chi connectivity index (χ4v) is 4.86. The van der Waals surface area contributed by atoms with E-state index in [9.17, 15) is 0 Å². The topological polar surface area (TPSA) is 15.3 Å². The van der Waals surface area contributed by atoms with E-state index in [4.69, 9.17) is 0 Å². The number of nitrogens with zero attached hydrogens (tertiary/aromatic N) is 1. The number of thiophene rings is 1. The Morgan fingerprint density at radius 2 is 2.24 bits per heavy atom. The van der Waals surface area contributed by atoms with Crippen molar-refractivity contribution < 1.29 is 0 Å². The standard InChI is InChI=1S/C18H30N2S/c1-15-5-3-9-18(11-15,13-19-16-7-8-16)14-20(2)12-17-6-4-10-21-17/h4,6,10,15-16,19H,3,5,7-9,11-14H2,1-2H3. The summed E-state index contributed by atoms with van der Waals surface area (Å²) in [5, 5.41) is 6.02. The quantitative estimate of drug-likeness (QED) is 0.815. The van der Waals surface area contributed by atoms with Gasteiger partial charge in [0.05, 0.1) is 0 Å². The van der Waals surface area contributed by atoms with Crippen LogP contribution in [-0.4, -0.2) is 31.1 Å². The van der Waals surface area contributed by atoms with E-state index < -0.39 is 0 Å². The molecule has 1 aromatic heterocycles. The minimum atomic E-state index is 0.506. The first-order valence-corrected chi connectivity index (χ1v) is 9.47. The largest absolute Gasteiger partial charge is 0.313 e. The molecule has 1 aromatic rings. The van der Waals surface area contributed by atoms with Crippen LogP contribution in [0.5, 0.6) is 0 Å². The third-order valence-electron chi connectivity index (χ3n) is 5.14. The molecule has 2 atom stereocenters. The highest BCUT2D eigenvalue weighted by molar-refractivity contribution is 7.09. The molecule has 2 nitrogen and oxygen atoms in total. The van der Waals surface area contributed by atoms with Crippen molar-refractivity contribution in [1.82, 2.24) is 10.2 Å². The van der Waals surface area contributed by atoms with Gasteiger partial charge in [-0.2, -0.15) is 0 Å². The zero-order chi connectivity index (χ0) is 14.7. The van der Waals surface area contributed by atoms with Gasteiger partial charge in [0, 0.05) is 30.6 Å². The predicted molar refractivity (Wildman–Crippen MR) is 91.7 cm³/mol. The predicted octanol–water partition coefficient (Wildman–Crippen LogP) is 4.13. The Labute approximate surface area is 133 Å². The van der Waals surface area contributed by atoms with E-state index in [1.807, 2.05) is 11.3 Å². The first-order valence-electron chi connectivity index (χ1n) is 8.60. The lowest BCUT2D eigenvalue weighted by molar-refractivity contribution is 0.0889. The van der Waals surface area contributed by atoms with Crippen molar-refractivity contribution in [2.75, 3.05) is 20.1 Å². The Bertz CT molecular complexity index is 426. The Hall–Kier alpha value is -0.380. The number of nitrogens with one attached hydrogen (secondary N) is 1. The van der Waals surface area contributed by atoms with Gasteiger partial charge in [-0.05, 0) is 55.5 Å². The Balaban J connectivity index is 1.59. The first-order chi connectivity index (χ1) is 10.2. The van der Waals surface area contributed by atoms with Crippen molar-refractivity contribution in [3.05, 3.63) is 22.4 Å². The maximum absolute atomic E-state index is 3.83. The minimum absolute atomic E-state index is 0.506. The molecule has 0 amide bonds. The van der Waals surface area contributed by atoms with Crippen LogP contribution in [0.3, 0.4) is 0 Å². The smallest absolute Gasteiger partial charge is 0.0325 e. The van der Waals surface area contributed by atoms with Gasteiger partial charge in [0.1, 0.15) is 0 Å². The molecule has 0 bridgehead atoms. The summed E-state index contributed by atoms with van der Waals surface area (Å²) in [6, 6.07) is 5.27. The Morgan fingerprint density at radius 3 is 2.90 bits per heavy atom. The molecule has 3 rings (SSSR count). The van der Waals surface area contributed by atoms with E-state index in [1.165, 1.54) is 56.5 Å². The number of hydrogen-bond donors (Lipinski definition) is 1.